The third kappa shape index (κ3) is 2.62. The predicted octanol–water partition coefficient (Wildman–Crippen LogP) is 2.05. The number of aromatic nitrogens is 3. The van der Waals surface area contributed by atoms with E-state index in [1.807, 2.05) is 24.1 Å². The Morgan fingerprint density at radius 3 is 3.06 bits per heavy atom. The highest BCUT2D eigenvalue weighted by Crippen LogP contribution is 2.25. The lowest BCUT2D eigenvalue weighted by atomic mass is 9.95. The number of hydrogen-bond donors (Lipinski definition) is 1. The van der Waals surface area contributed by atoms with E-state index in [0.29, 0.717) is 5.92 Å². The van der Waals surface area contributed by atoms with Gasteiger partial charge in [0, 0.05) is 42.4 Å². The molecule has 0 saturated carbocycles. The first-order valence-corrected chi connectivity index (χ1v) is 7.40. The van der Waals surface area contributed by atoms with Gasteiger partial charge in [-0.05, 0) is 25.9 Å². The molecule has 0 amide bonds. The number of nitrogens with one attached hydrogen (secondary N) is 1. The number of imidazole rings is 1. The molecule has 0 bridgehead atoms. The van der Waals surface area contributed by atoms with E-state index in [0.717, 1.165) is 26.1 Å². The van der Waals surface area contributed by atoms with Crippen molar-refractivity contribution in [3.63, 3.8) is 0 Å². The van der Waals surface area contributed by atoms with Gasteiger partial charge in [0.1, 0.15) is 0 Å². The fraction of sp³-hybridized carbons (Fsp3) is 0.538. The Labute approximate surface area is 111 Å². The second kappa shape index (κ2) is 5.63. The van der Waals surface area contributed by atoms with Gasteiger partial charge in [0.15, 0.2) is 0 Å². The van der Waals surface area contributed by atoms with E-state index in [4.69, 9.17) is 0 Å². The van der Waals surface area contributed by atoms with Gasteiger partial charge in [-0.25, -0.2) is 9.97 Å². The quantitative estimate of drug-likeness (QED) is 0.917. The molecule has 1 N–H and O–H groups in total. The summed E-state index contributed by atoms with van der Waals surface area (Å²) in [6.07, 6.45) is 9.34. The smallest absolute Gasteiger partial charge is 0.0948 e. The molecule has 0 unspecified atom stereocenters. The van der Waals surface area contributed by atoms with Crippen LogP contribution in [0.3, 0.4) is 0 Å². The van der Waals surface area contributed by atoms with Gasteiger partial charge in [0.05, 0.1) is 11.3 Å². The number of hydrogen-bond acceptors (Lipinski definition) is 4. The maximum Gasteiger partial charge on any atom is 0.0948 e. The van der Waals surface area contributed by atoms with Crippen LogP contribution < -0.4 is 5.32 Å². The number of nitrogens with zero attached hydrogens (tertiary/aromatic N) is 3. The van der Waals surface area contributed by atoms with Gasteiger partial charge in [0.25, 0.3) is 0 Å². The fourth-order valence-electron chi connectivity index (χ4n) is 2.57. The first kappa shape index (κ1) is 11.9. The largest absolute Gasteiger partial charge is 0.334 e. The van der Waals surface area contributed by atoms with Gasteiger partial charge < -0.3 is 9.88 Å². The zero-order valence-electron chi connectivity index (χ0n) is 10.4. The molecule has 1 fully saturated rings. The van der Waals surface area contributed by atoms with Gasteiger partial charge in [-0.1, -0.05) is 0 Å². The molecule has 2 aromatic heterocycles. The Balaban J connectivity index is 1.67. The van der Waals surface area contributed by atoms with Crippen LogP contribution in [0.5, 0.6) is 0 Å². The van der Waals surface area contributed by atoms with Crippen molar-refractivity contribution in [2.45, 2.75) is 31.7 Å². The minimum absolute atomic E-state index is 0.671. The van der Waals surface area contributed by atoms with Crippen LogP contribution in [0, 0.1) is 0 Å². The van der Waals surface area contributed by atoms with Crippen molar-refractivity contribution in [1.82, 2.24) is 19.9 Å². The summed E-state index contributed by atoms with van der Waals surface area (Å²) in [6, 6.07) is 0. The number of rotatable bonds is 4. The van der Waals surface area contributed by atoms with Crippen molar-refractivity contribution in [2.75, 3.05) is 13.1 Å². The molecule has 5 heteroatoms. The molecule has 96 valence electrons. The van der Waals surface area contributed by atoms with Crippen molar-refractivity contribution in [3.05, 3.63) is 34.8 Å². The normalized spacial score (nSPS) is 17.1. The molecule has 1 aliphatic rings. The maximum atomic E-state index is 4.33. The van der Waals surface area contributed by atoms with Crippen LogP contribution in [-0.2, 0) is 13.0 Å². The average molecular weight is 262 g/mol. The summed E-state index contributed by atoms with van der Waals surface area (Å²) in [7, 11) is 0. The average Bonchev–Trinajstić information content (AvgIpc) is 3.09. The number of piperidine rings is 1. The highest BCUT2D eigenvalue weighted by molar-refractivity contribution is 7.09. The summed E-state index contributed by atoms with van der Waals surface area (Å²) in [5.74, 6) is 0.671. The second-order valence-corrected chi connectivity index (χ2v) is 5.69. The van der Waals surface area contributed by atoms with Crippen molar-refractivity contribution in [2.24, 2.45) is 0 Å². The SMILES string of the molecule is c1csc(CCn2cncc2C2CCNCC2)n1. The highest BCUT2D eigenvalue weighted by Gasteiger charge is 2.18. The lowest BCUT2D eigenvalue weighted by Crippen LogP contribution is -2.27. The summed E-state index contributed by atoms with van der Waals surface area (Å²) in [6.45, 7) is 3.25. The van der Waals surface area contributed by atoms with Crippen LogP contribution in [0.25, 0.3) is 0 Å². The minimum Gasteiger partial charge on any atom is -0.334 e. The Morgan fingerprint density at radius 2 is 2.28 bits per heavy atom. The molecule has 0 radical (unpaired) electrons. The first-order chi connectivity index (χ1) is 8.93. The van der Waals surface area contributed by atoms with E-state index >= 15 is 0 Å². The van der Waals surface area contributed by atoms with Crippen LogP contribution in [0.1, 0.15) is 29.5 Å². The van der Waals surface area contributed by atoms with Crippen molar-refractivity contribution in [1.29, 1.82) is 0 Å². The van der Waals surface area contributed by atoms with Gasteiger partial charge in [-0.2, -0.15) is 0 Å². The summed E-state index contributed by atoms with van der Waals surface area (Å²) in [5.41, 5.74) is 1.40. The maximum absolute atomic E-state index is 4.33. The Kier molecular flexibility index (Phi) is 3.71. The zero-order chi connectivity index (χ0) is 12.2. The van der Waals surface area contributed by atoms with Gasteiger partial charge in [0.2, 0.25) is 0 Å². The van der Waals surface area contributed by atoms with Crippen LogP contribution in [0.4, 0.5) is 0 Å². The molecule has 1 aliphatic heterocycles. The Bertz CT molecular complexity index is 471. The molecule has 3 heterocycles. The molecule has 0 atom stereocenters. The molecule has 0 aromatic carbocycles. The topological polar surface area (TPSA) is 42.7 Å². The number of thiazole rings is 1. The molecule has 0 spiro atoms. The molecular formula is C13H18N4S. The fourth-order valence-corrected chi connectivity index (χ4v) is 3.18. The van der Waals surface area contributed by atoms with E-state index in [2.05, 4.69) is 19.9 Å². The minimum atomic E-state index is 0.671. The third-order valence-corrected chi connectivity index (χ3v) is 4.39. The van der Waals surface area contributed by atoms with Crippen LogP contribution in [0.15, 0.2) is 24.1 Å². The molecule has 18 heavy (non-hydrogen) atoms. The molecule has 0 aliphatic carbocycles. The molecular weight excluding hydrogens is 244 g/mol. The van der Waals surface area contributed by atoms with Crippen LogP contribution in [0.2, 0.25) is 0 Å². The first-order valence-electron chi connectivity index (χ1n) is 6.52. The van der Waals surface area contributed by atoms with Gasteiger partial charge in [-0.3, -0.25) is 0 Å². The Morgan fingerprint density at radius 1 is 1.39 bits per heavy atom. The lowest BCUT2D eigenvalue weighted by molar-refractivity contribution is 0.438. The standard InChI is InChI=1S/C13H18N4S/c1-4-14-5-2-11(1)12-9-15-10-17(12)7-3-13-16-6-8-18-13/h6,8-11,14H,1-5,7H2. The Hall–Kier alpha value is -1.20. The van der Waals surface area contributed by atoms with Crippen molar-refractivity contribution in [3.8, 4) is 0 Å². The summed E-state index contributed by atoms with van der Waals surface area (Å²) < 4.78 is 2.30. The van der Waals surface area contributed by atoms with E-state index in [1.54, 1.807) is 11.3 Å². The summed E-state index contributed by atoms with van der Waals surface area (Å²) >= 11 is 1.73. The lowest BCUT2D eigenvalue weighted by Gasteiger charge is -2.23. The van der Waals surface area contributed by atoms with Crippen molar-refractivity contribution < 1.29 is 0 Å². The monoisotopic (exact) mass is 262 g/mol. The highest BCUT2D eigenvalue weighted by atomic mass is 32.1. The van der Waals surface area contributed by atoms with E-state index in [-0.39, 0.29) is 0 Å². The third-order valence-electron chi connectivity index (χ3n) is 3.55. The van der Waals surface area contributed by atoms with Crippen LogP contribution >= 0.6 is 11.3 Å². The summed E-state index contributed by atoms with van der Waals surface area (Å²) in [5, 5.41) is 6.66. The second-order valence-electron chi connectivity index (χ2n) is 4.71. The number of aryl methyl sites for hydroxylation is 2. The summed E-state index contributed by atoms with van der Waals surface area (Å²) in [4.78, 5) is 8.66. The molecule has 3 rings (SSSR count). The van der Waals surface area contributed by atoms with Crippen LogP contribution in [-0.4, -0.2) is 27.6 Å². The van der Waals surface area contributed by atoms with E-state index < -0.39 is 0 Å². The molecule has 2 aromatic rings. The zero-order valence-corrected chi connectivity index (χ0v) is 11.2. The van der Waals surface area contributed by atoms with Gasteiger partial charge in [-0.15, -0.1) is 11.3 Å². The predicted molar refractivity (Wildman–Crippen MR) is 72.9 cm³/mol. The van der Waals surface area contributed by atoms with Crippen molar-refractivity contribution >= 4 is 11.3 Å². The van der Waals surface area contributed by atoms with E-state index in [1.165, 1.54) is 23.5 Å². The molecule has 1 saturated heterocycles. The molecule has 4 nitrogen and oxygen atoms in total. The van der Waals surface area contributed by atoms with Gasteiger partial charge >= 0.3 is 0 Å². The van der Waals surface area contributed by atoms with E-state index in [9.17, 15) is 0 Å².